The Labute approximate surface area is 443 Å². The summed E-state index contributed by atoms with van der Waals surface area (Å²) in [5.74, 6) is 2.79. The molecule has 7 aromatic heterocycles. The molecule has 25 nitrogen and oxygen atoms in total. The Balaban J connectivity index is -0.000000247. The van der Waals surface area contributed by atoms with E-state index in [0.717, 1.165) is 23.2 Å². The summed E-state index contributed by atoms with van der Waals surface area (Å²) < 4.78 is 8.66. The molecule has 8 rings (SSSR count). The highest BCUT2D eigenvalue weighted by molar-refractivity contribution is 5.91. The van der Waals surface area contributed by atoms with Crippen LogP contribution in [-0.2, 0) is 27.1 Å². The third-order valence-corrected chi connectivity index (χ3v) is 8.24. The summed E-state index contributed by atoms with van der Waals surface area (Å²) >= 11 is 0. The molecule has 1 aliphatic heterocycles. The maximum Gasteiger partial charge on any atom is 0.438 e. The Kier molecular flexibility index (Phi) is 35.4. The highest BCUT2D eigenvalue weighted by Gasteiger charge is 2.22. The number of nitrogens with one attached hydrogen (secondary N) is 7. The van der Waals surface area contributed by atoms with Gasteiger partial charge in [-0.15, -0.1) is 15.3 Å². The Hall–Kier alpha value is -7.60. The van der Waals surface area contributed by atoms with E-state index in [4.69, 9.17) is 0 Å². The van der Waals surface area contributed by atoms with Crippen molar-refractivity contribution < 1.29 is 9.05 Å². The molecule has 7 N–H and O–H groups in total. The second kappa shape index (κ2) is 34.8. The molecule has 0 amide bonds. The first kappa shape index (κ1) is 76.3. The summed E-state index contributed by atoms with van der Waals surface area (Å²) in [6.07, 6.45) is 6.26. The van der Waals surface area contributed by atoms with E-state index in [1.54, 1.807) is 36.7 Å². The van der Waals surface area contributed by atoms with Crippen molar-refractivity contribution in [1.29, 1.82) is 0 Å². The van der Waals surface area contributed by atoms with E-state index in [-0.39, 0.29) is 80.7 Å². The molecule has 7 aromatic rings. The number of tetrazole rings is 1. The van der Waals surface area contributed by atoms with Crippen LogP contribution in [0.15, 0.2) is 105 Å². The van der Waals surface area contributed by atoms with Gasteiger partial charge in [0.05, 0.1) is 5.71 Å². The van der Waals surface area contributed by atoms with Crippen LogP contribution in [0, 0.1) is 5.41 Å². The van der Waals surface area contributed by atoms with Crippen LogP contribution in [0.5, 0.6) is 0 Å². The summed E-state index contributed by atoms with van der Waals surface area (Å²) in [6, 6.07) is 9.86. The van der Waals surface area contributed by atoms with Crippen LogP contribution in [0.1, 0.15) is 191 Å². The monoisotopic (exact) mass is 1060 g/mol. The van der Waals surface area contributed by atoms with Crippen LogP contribution in [0.25, 0.3) is 0 Å². The third-order valence-electron chi connectivity index (χ3n) is 8.24. The van der Waals surface area contributed by atoms with Crippen molar-refractivity contribution in [3.05, 3.63) is 132 Å². The van der Waals surface area contributed by atoms with Crippen LogP contribution in [0.2, 0.25) is 0 Å². The van der Waals surface area contributed by atoms with Gasteiger partial charge in [-0.25, -0.2) is 19.6 Å². The van der Waals surface area contributed by atoms with E-state index in [0.29, 0.717) is 18.2 Å². The Bertz CT molecular complexity index is 2490. The number of pyridine rings is 2. The largest absolute Gasteiger partial charge is 0.438 e. The summed E-state index contributed by atoms with van der Waals surface area (Å²) in [5, 5.41) is 44.9. The molecule has 0 saturated carbocycles. The normalized spacial score (nSPS) is 11.3. The average Bonchev–Trinajstić information content (AvgIpc) is 4.10. The van der Waals surface area contributed by atoms with Gasteiger partial charge in [0, 0.05) is 57.0 Å². The van der Waals surface area contributed by atoms with Gasteiger partial charge in [0.1, 0.15) is 30.8 Å². The fourth-order valence-electron chi connectivity index (χ4n) is 4.08. The lowest BCUT2D eigenvalue weighted by atomic mass is 9.90. The SMILES string of the molecule is C.C.C.C.C.CC(C)(C)C1=NN=NC1.CC(C)(C)c1ncn[nH]1.CC(C)(C)c1ncn[nH]1.CC(C)(C)c1nn[nH]n1.CC(C)(C)c1noc(=O)[nH]1.CC(C)(C)c1noc(=O)[nH]1.O=c1cccc[nH]1.O=c1cccc[nH]1. The number of hydrogen-bond donors (Lipinski definition) is 7. The molecule has 0 aromatic carbocycles. The molecule has 0 bridgehead atoms. The predicted octanol–water partition coefficient (Wildman–Crippen LogP) is 9.81. The minimum atomic E-state index is -0.495. The molecule has 0 saturated heterocycles. The van der Waals surface area contributed by atoms with Crippen molar-refractivity contribution in [2.45, 2.75) is 189 Å². The smallest absolute Gasteiger partial charge is 0.329 e. The van der Waals surface area contributed by atoms with Crippen LogP contribution < -0.4 is 22.6 Å². The number of nitrogens with zero attached hydrogens (tertiary/aromatic N) is 12. The lowest BCUT2D eigenvalue weighted by Gasteiger charge is -2.15. The van der Waals surface area contributed by atoms with Crippen LogP contribution in [-0.4, -0.2) is 93.5 Å². The molecule has 0 fully saturated rings. The van der Waals surface area contributed by atoms with Crippen molar-refractivity contribution >= 4 is 5.71 Å². The number of hydrogen-bond acceptors (Lipinski definition) is 18. The fourth-order valence-corrected chi connectivity index (χ4v) is 4.08. The van der Waals surface area contributed by atoms with E-state index in [1.165, 1.54) is 24.8 Å². The molecule has 8 heterocycles. The first-order valence-electron chi connectivity index (χ1n) is 22.0. The maximum absolute atomic E-state index is 10.5. The summed E-state index contributed by atoms with van der Waals surface area (Å²) in [5.41, 5.74) is 1.01. The summed E-state index contributed by atoms with van der Waals surface area (Å²) in [7, 11) is 0. The molecule has 0 radical (unpaired) electrons. The Morgan fingerprint density at radius 2 is 0.880 bits per heavy atom. The van der Waals surface area contributed by atoms with Crippen molar-refractivity contribution in [3.63, 3.8) is 0 Å². The van der Waals surface area contributed by atoms with Crippen LogP contribution in [0.4, 0.5) is 0 Å². The van der Waals surface area contributed by atoms with Gasteiger partial charge in [-0.2, -0.15) is 20.5 Å². The van der Waals surface area contributed by atoms with Crippen molar-refractivity contribution in [3.8, 4) is 0 Å². The highest BCUT2D eigenvalue weighted by atomic mass is 16.5. The van der Waals surface area contributed by atoms with Gasteiger partial charge in [0.2, 0.25) is 11.1 Å². The van der Waals surface area contributed by atoms with E-state index in [2.05, 4.69) is 168 Å². The number of aromatic amines is 7. The second-order valence-electron chi connectivity index (χ2n) is 21.2. The molecule has 75 heavy (non-hydrogen) atoms. The zero-order valence-electron chi connectivity index (χ0n) is 43.8. The van der Waals surface area contributed by atoms with E-state index >= 15 is 0 Å². The lowest BCUT2D eigenvalue weighted by Crippen LogP contribution is -2.20. The second-order valence-corrected chi connectivity index (χ2v) is 21.2. The van der Waals surface area contributed by atoms with Gasteiger partial charge in [-0.05, 0) is 17.4 Å². The quantitative estimate of drug-likeness (QED) is 0.0743. The molecule has 0 aliphatic carbocycles. The van der Waals surface area contributed by atoms with Crippen LogP contribution in [0.3, 0.4) is 0 Å². The maximum atomic E-state index is 10.5. The van der Waals surface area contributed by atoms with Gasteiger partial charge in [-0.3, -0.25) is 38.8 Å². The molecule has 0 unspecified atom stereocenters. The number of H-pyrrole nitrogens is 7. The van der Waals surface area contributed by atoms with Crippen LogP contribution >= 0.6 is 0 Å². The molecule has 0 atom stereocenters. The molecule has 424 valence electrons. The van der Waals surface area contributed by atoms with Crippen molar-refractivity contribution in [1.82, 2.24) is 81.2 Å². The van der Waals surface area contributed by atoms with Gasteiger partial charge in [0.25, 0.3) is 0 Å². The van der Waals surface area contributed by atoms with Crippen molar-refractivity contribution in [2.24, 2.45) is 20.9 Å². The minimum Gasteiger partial charge on any atom is -0.329 e. The zero-order chi connectivity index (χ0) is 53.4. The van der Waals surface area contributed by atoms with E-state index < -0.39 is 11.5 Å². The topological polar surface area (TPSA) is 358 Å². The minimum absolute atomic E-state index is 0. The average molecular weight is 1060 g/mol. The van der Waals surface area contributed by atoms with Gasteiger partial charge < -0.3 is 9.97 Å². The van der Waals surface area contributed by atoms with Gasteiger partial charge in [-0.1, -0.05) is 189 Å². The summed E-state index contributed by atoms with van der Waals surface area (Å²) in [4.78, 5) is 59.3. The van der Waals surface area contributed by atoms with Crippen molar-refractivity contribution in [2.75, 3.05) is 6.54 Å². The fraction of sp³-hybridized carbons (Fsp3) is 0.600. The Morgan fingerprint density at radius 3 is 1.01 bits per heavy atom. The third kappa shape index (κ3) is 33.7. The number of rotatable bonds is 0. The molecule has 25 heteroatoms. The molecular weight excluding hydrogens is 963 g/mol. The standard InChI is InChI=1S/3C6H11N3.2C6H10N2O2.C5H10N4.2C5H5NO.5CH4/c2*1-6(2,3)5-7-4-8-9-5;1-6(2,3)5-4-7-9-8-5;2*1-6(2,3)4-7-5(9)10-8-4;1-5(2,3)4-6-8-9-7-4;2*7-5-3-1-2-4-6-5;;;;;/h2*4H,1-3H3,(H,7,8,9);4H2,1-3H3;2*1-3H3,(H,7,8,9);1-3H3,(H,6,7,8,9);2*1-4H,(H,6,7);5*1H4. The first-order chi connectivity index (χ1) is 32.2. The molecule has 1 aliphatic rings. The zero-order valence-corrected chi connectivity index (χ0v) is 43.8. The number of aromatic nitrogens is 16. The van der Waals surface area contributed by atoms with Gasteiger partial charge >= 0.3 is 11.5 Å². The van der Waals surface area contributed by atoms with Gasteiger partial charge in [0.15, 0.2) is 17.5 Å². The van der Waals surface area contributed by atoms with E-state index in [1.807, 2.05) is 62.3 Å². The molecule has 0 spiro atoms. The lowest BCUT2D eigenvalue weighted by molar-refractivity contribution is 0.369. The Morgan fingerprint density at radius 1 is 0.493 bits per heavy atom. The summed E-state index contributed by atoms with van der Waals surface area (Å²) in [6.45, 7) is 37.4. The first-order valence-corrected chi connectivity index (χ1v) is 22.0. The highest BCUT2D eigenvalue weighted by Crippen LogP contribution is 2.20. The molecular formula is C50H93N19O6. The van der Waals surface area contributed by atoms with E-state index in [9.17, 15) is 19.2 Å². The predicted molar refractivity (Wildman–Crippen MR) is 299 cm³/mol.